The Labute approximate surface area is 193 Å². The van der Waals surface area contributed by atoms with Crippen LogP contribution in [0, 0.1) is 0 Å². The van der Waals surface area contributed by atoms with E-state index in [0.29, 0.717) is 26.4 Å². The van der Waals surface area contributed by atoms with Gasteiger partial charge in [-0.3, -0.25) is 4.90 Å². The van der Waals surface area contributed by atoms with Gasteiger partial charge in [-0.25, -0.2) is 0 Å². The van der Waals surface area contributed by atoms with Crippen molar-refractivity contribution in [1.29, 1.82) is 0 Å². The van der Waals surface area contributed by atoms with Gasteiger partial charge < -0.3 is 24.2 Å². The van der Waals surface area contributed by atoms with E-state index < -0.39 is 6.10 Å². The molecule has 1 saturated heterocycles. The summed E-state index contributed by atoms with van der Waals surface area (Å²) in [5.74, 6) is 1.71. The molecule has 0 bridgehead atoms. The average molecular weight is 502 g/mol. The van der Waals surface area contributed by atoms with Gasteiger partial charge >= 0.3 is 0 Å². The lowest BCUT2D eigenvalue weighted by molar-refractivity contribution is 0.00717. The molecule has 1 unspecified atom stereocenters. The average Bonchev–Trinajstić information content (AvgIpc) is 2.75. The number of piperazine rings is 1. The van der Waals surface area contributed by atoms with Crippen molar-refractivity contribution in [2.45, 2.75) is 6.10 Å². The van der Waals surface area contributed by atoms with Crippen LogP contribution >= 0.6 is 28.3 Å². The summed E-state index contributed by atoms with van der Waals surface area (Å²) in [4.78, 5) is 4.61. The molecule has 1 fully saturated rings. The normalized spacial score (nSPS) is 15.4. The van der Waals surface area contributed by atoms with Gasteiger partial charge in [0, 0.05) is 37.2 Å². The Kier molecular flexibility index (Phi) is 10.7. The van der Waals surface area contributed by atoms with Crippen molar-refractivity contribution < 1.29 is 19.3 Å². The van der Waals surface area contributed by atoms with Crippen LogP contribution in [-0.4, -0.2) is 75.8 Å². The van der Waals surface area contributed by atoms with E-state index in [9.17, 15) is 5.11 Å². The van der Waals surface area contributed by atoms with Crippen LogP contribution < -0.4 is 14.4 Å². The Balaban J connectivity index is 0.00000320. The highest BCUT2D eigenvalue weighted by Gasteiger charge is 2.21. The molecule has 1 aliphatic rings. The second-order valence-corrected chi connectivity index (χ2v) is 7.91. The van der Waals surface area contributed by atoms with Crippen molar-refractivity contribution in [2.24, 2.45) is 0 Å². The largest absolute Gasteiger partial charge is 0.495 e. The van der Waals surface area contributed by atoms with Crippen LogP contribution in [0.3, 0.4) is 0 Å². The third kappa shape index (κ3) is 7.63. The second-order valence-electron chi connectivity index (χ2n) is 6.99. The smallest absolute Gasteiger partial charge is 0.142 e. The van der Waals surface area contributed by atoms with E-state index in [1.807, 2.05) is 42.5 Å². The Morgan fingerprint density at radius 2 is 1.70 bits per heavy atom. The van der Waals surface area contributed by atoms with Crippen molar-refractivity contribution in [3.05, 3.63) is 53.0 Å². The lowest BCUT2D eigenvalue weighted by Gasteiger charge is -2.37. The number of para-hydroxylation sites is 2. The van der Waals surface area contributed by atoms with Crippen LogP contribution in [0.2, 0.25) is 0 Å². The number of nitrogens with zero attached hydrogens (tertiary/aromatic N) is 2. The number of rotatable bonds is 10. The zero-order chi connectivity index (χ0) is 20.5. The van der Waals surface area contributed by atoms with Crippen LogP contribution in [0.4, 0.5) is 5.69 Å². The minimum absolute atomic E-state index is 0. The maximum Gasteiger partial charge on any atom is 0.142 e. The minimum atomic E-state index is -0.500. The van der Waals surface area contributed by atoms with E-state index in [4.69, 9.17) is 14.2 Å². The molecule has 0 spiro atoms. The van der Waals surface area contributed by atoms with Gasteiger partial charge in [0.15, 0.2) is 0 Å². The number of hydrogen-bond acceptors (Lipinski definition) is 6. The Hall–Kier alpha value is -1.51. The molecule has 1 atom stereocenters. The first kappa shape index (κ1) is 24.8. The van der Waals surface area contributed by atoms with Crippen LogP contribution in [0.1, 0.15) is 0 Å². The van der Waals surface area contributed by atoms with E-state index >= 15 is 0 Å². The van der Waals surface area contributed by atoms with Gasteiger partial charge in [-0.2, -0.15) is 0 Å². The number of aliphatic hydroxyl groups excluding tert-OH is 1. The van der Waals surface area contributed by atoms with Gasteiger partial charge in [0.2, 0.25) is 0 Å². The van der Waals surface area contributed by atoms with Crippen molar-refractivity contribution in [2.75, 3.05) is 64.6 Å². The second kappa shape index (κ2) is 13.0. The number of halogens is 2. The summed E-state index contributed by atoms with van der Waals surface area (Å²) < 4.78 is 17.7. The van der Waals surface area contributed by atoms with Crippen molar-refractivity contribution in [3.8, 4) is 11.5 Å². The number of benzene rings is 2. The fourth-order valence-corrected chi connectivity index (χ4v) is 3.65. The number of aliphatic hydroxyl groups is 1. The molecule has 2 aromatic carbocycles. The predicted molar refractivity (Wildman–Crippen MR) is 125 cm³/mol. The summed E-state index contributed by atoms with van der Waals surface area (Å²) in [6.07, 6.45) is -0.500. The van der Waals surface area contributed by atoms with E-state index in [1.165, 1.54) is 0 Å². The summed E-state index contributed by atoms with van der Waals surface area (Å²) >= 11 is 3.40. The molecule has 0 saturated carbocycles. The lowest BCUT2D eigenvalue weighted by Crippen LogP contribution is -2.49. The van der Waals surface area contributed by atoms with Crippen LogP contribution in [0.25, 0.3) is 0 Å². The van der Waals surface area contributed by atoms with Gasteiger partial charge in [-0.1, -0.05) is 28.1 Å². The highest BCUT2D eigenvalue weighted by Crippen LogP contribution is 2.28. The molecule has 6 nitrogen and oxygen atoms in total. The standard InChI is InChI=1S/C22H29BrN2O4.ClH/c1-27-22-5-3-2-4-21(22)25-12-10-24(11-13-25)16-19(26)17-28-14-15-29-20-8-6-18(23)7-9-20;/h2-9,19,26H,10-17H2,1H3;1H. The number of ether oxygens (including phenoxy) is 3. The molecular formula is C22H30BrClN2O4. The van der Waals surface area contributed by atoms with Crippen LogP contribution in [0.15, 0.2) is 53.0 Å². The first-order valence-electron chi connectivity index (χ1n) is 9.90. The Morgan fingerprint density at radius 1 is 1.00 bits per heavy atom. The zero-order valence-electron chi connectivity index (χ0n) is 17.2. The molecule has 8 heteroatoms. The maximum absolute atomic E-state index is 10.3. The molecule has 166 valence electrons. The quantitative estimate of drug-likeness (QED) is 0.503. The summed E-state index contributed by atoms with van der Waals surface area (Å²) in [6.45, 7) is 5.48. The third-order valence-electron chi connectivity index (χ3n) is 4.89. The van der Waals surface area contributed by atoms with Gasteiger partial charge in [-0.15, -0.1) is 12.4 Å². The molecular weight excluding hydrogens is 472 g/mol. The van der Waals surface area contributed by atoms with E-state index in [0.717, 1.165) is 47.8 Å². The number of anilines is 1. The Morgan fingerprint density at radius 3 is 2.40 bits per heavy atom. The monoisotopic (exact) mass is 500 g/mol. The fraction of sp³-hybridized carbons (Fsp3) is 0.455. The molecule has 1 aliphatic heterocycles. The number of methoxy groups -OCH3 is 1. The predicted octanol–water partition coefficient (Wildman–Crippen LogP) is 3.46. The van der Waals surface area contributed by atoms with Crippen LogP contribution in [-0.2, 0) is 4.74 Å². The molecule has 0 aromatic heterocycles. The summed E-state index contributed by atoms with van der Waals surface area (Å²) in [5.41, 5.74) is 1.13. The molecule has 0 amide bonds. The van der Waals surface area contributed by atoms with E-state index in [-0.39, 0.29) is 12.4 Å². The van der Waals surface area contributed by atoms with Crippen molar-refractivity contribution >= 4 is 34.0 Å². The zero-order valence-corrected chi connectivity index (χ0v) is 19.6. The molecule has 3 rings (SSSR count). The highest BCUT2D eigenvalue weighted by molar-refractivity contribution is 9.10. The molecule has 1 N–H and O–H groups in total. The fourth-order valence-electron chi connectivity index (χ4n) is 3.38. The van der Waals surface area contributed by atoms with Gasteiger partial charge in [0.1, 0.15) is 18.1 Å². The van der Waals surface area contributed by atoms with Gasteiger partial charge in [0.25, 0.3) is 0 Å². The van der Waals surface area contributed by atoms with Gasteiger partial charge in [0.05, 0.1) is 32.1 Å². The van der Waals surface area contributed by atoms with Gasteiger partial charge in [-0.05, 0) is 36.4 Å². The van der Waals surface area contributed by atoms with Crippen molar-refractivity contribution in [3.63, 3.8) is 0 Å². The van der Waals surface area contributed by atoms with E-state index in [2.05, 4.69) is 31.8 Å². The SMILES string of the molecule is COc1ccccc1N1CCN(CC(O)COCCOc2ccc(Br)cc2)CC1.Cl. The Bertz CT molecular complexity index is 742. The van der Waals surface area contributed by atoms with E-state index in [1.54, 1.807) is 7.11 Å². The topological polar surface area (TPSA) is 54.4 Å². The first-order chi connectivity index (χ1) is 14.2. The maximum atomic E-state index is 10.3. The van der Waals surface area contributed by atoms with Crippen molar-refractivity contribution in [1.82, 2.24) is 4.90 Å². The minimum Gasteiger partial charge on any atom is -0.495 e. The first-order valence-corrected chi connectivity index (χ1v) is 10.7. The highest BCUT2D eigenvalue weighted by atomic mass is 79.9. The summed E-state index contributed by atoms with van der Waals surface area (Å²) in [7, 11) is 1.70. The number of β-amino-alcohol motifs (C(OH)–C–C–N with tert-alkyl or cyclic N) is 1. The molecule has 1 heterocycles. The summed E-state index contributed by atoms with van der Waals surface area (Å²) in [5, 5.41) is 10.3. The lowest BCUT2D eigenvalue weighted by atomic mass is 10.2. The molecule has 30 heavy (non-hydrogen) atoms. The molecule has 0 aliphatic carbocycles. The molecule has 0 radical (unpaired) electrons. The third-order valence-corrected chi connectivity index (χ3v) is 5.42. The molecule has 2 aromatic rings. The van der Waals surface area contributed by atoms with Crippen LogP contribution in [0.5, 0.6) is 11.5 Å². The summed E-state index contributed by atoms with van der Waals surface area (Å²) in [6, 6.07) is 15.8. The number of hydrogen-bond donors (Lipinski definition) is 1.